The van der Waals surface area contributed by atoms with E-state index in [1.54, 1.807) is 25.7 Å². The zero-order chi connectivity index (χ0) is 25.4. The van der Waals surface area contributed by atoms with Gasteiger partial charge in [0, 0.05) is 38.3 Å². The second kappa shape index (κ2) is 11.6. The molecule has 2 aromatic rings. The number of rotatable bonds is 7. The van der Waals surface area contributed by atoms with Gasteiger partial charge in [0.1, 0.15) is 18.2 Å². The molecule has 3 rings (SSSR count). The van der Waals surface area contributed by atoms with E-state index in [4.69, 9.17) is 9.47 Å². The van der Waals surface area contributed by atoms with Gasteiger partial charge in [-0.15, -0.1) is 0 Å². The van der Waals surface area contributed by atoms with Crippen LogP contribution in [0.3, 0.4) is 0 Å². The number of nitrogens with zero attached hydrogens (tertiary/aromatic N) is 2. The van der Waals surface area contributed by atoms with Gasteiger partial charge in [-0.3, -0.25) is 0 Å². The van der Waals surface area contributed by atoms with E-state index in [0.717, 1.165) is 16.8 Å². The molecule has 0 unspecified atom stereocenters. The average molecular weight is 484 g/mol. The molecule has 1 fully saturated rings. The number of benzene rings is 2. The van der Waals surface area contributed by atoms with Gasteiger partial charge in [-0.2, -0.15) is 0 Å². The number of amides is 2. The first-order chi connectivity index (χ1) is 16.6. The number of hydrogen-bond acceptors (Lipinski definition) is 6. The van der Waals surface area contributed by atoms with E-state index in [1.165, 1.54) is 0 Å². The molecule has 1 saturated heterocycles. The summed E-state index contributed by atoms with van der Waals surface area (Å²) in [7, 11) is 0. The van der Waals surface area contributed by atoms with E-state index < -0.39 is 23.7 Å². The van der Waals surface area contributed by atoms with Gasteiger partial charge in [-0.1, -0.05) is 42.5 Å². The number of carboxylic acids is 1. The second-order valence-corrected chi connectivity index (χ2v) is 9.42. The Labute approximate surface area is 205 Å². The van der Waals surface area contributed by atoms with Crippen molar-refractivity contribution in [3.05, 3.63) is 65.7 Å². The van der Waals surface area contributed by atoms with Crippen LogP contribution in [0.25, 0.3) is 0 Å². The lowest BCUT2D eigenvalue weighted by Crippen LogP contribution is -2.49. The summed E-state index contributed by atoms with van der Waals surface area (Å²) in [5.74, 6) is -1.13. The summed E-state index contributed by atoms with van der Waals surface area (Å²) in [5.41, 5.74) is 2.00. The van der Waals surface area contributed by atoms with E-state index in [9.17, 15) is 19.5 Å². The van der Waals surface area contributed by atoms with Gasteiger partial charge in [-0.25, -0.2) is 14.4 Å². The fourth-order valence-electron chi connectivity index (χ4n) is 3.69. The minimum Gasteiger partial charge on any atom is -0.480 e. The topological polar surface area (TPSA) is 108 Å². The van der Waals surface area contributed by atoms with E-state index >= 15 is 0 Å². The minimum atomic E-state index is -1.13. The molecule has 1 atom stereocenters. The molecule has 9 nitrogen and oxygen atoms in total. The third-order valence-corrected chi connectivity index (χ3v) is 5.47. The fraction of sp³-hybridized carbons (Fsp3) is 0.423. The highest BCUT2D eigenvalue weighted by atomic mass is 16.6. The lowest BCUT2D eigenvalue weighted by Gasteiger charge is -2.35. The van der Waals surface area contributed by atoms with E-state index in [1.807, 2.05) is 54.6 Å². The van der Waals surface area contributed by atoms with Crippen LogP contribution >= 0.6 is 0 Å². The van der Waals surface area contributed by atoms with Crippen LogP contribution < -0.4 is 10.2 Å². The van der Waals surface area contributed by atoms with Crippen molar-refractivity contribution in [2.45, 2.75) is 45.4 Å². The summed E-state index contributed by atoms with van der Waals surface area (Å²) in [5, 5.41) is 11.9. The molecule has 9 heteroatoms. The number of nitrogens with one attached hydrogen (secondary N) is 1. The lowest BCUT2D eigenvalue weighted by molar-refractivity contribution is -0.139. The molecule has 0 aromatic heterocycles. The normalized spacial score (nSPS) is 14.7. The molecule has 0 spiro atoms. The van der Waals surface area contributed by atoms with Crippen LogP contribution in [0.2, 0.25) is 0 Å². The van der Waals surface area contributed by atoms with Gasteiger partial charge in [0.25, 0.3) is 0 Å². The maximum Gasteiger partial charge on any atom is 0.410 e. The van der Waals surface area contributed by atoms with Crippen molar-refractivity contribution >= 4 is 23.8 Å². The number of carbonyl (C=O) groups is 3. The molecule has 2 amide bonds. The van der Waals surface area contributed by atoms with Gasteiger partial charge in [0.2, 0.25) is 0 Å². The van der Waals surface area contributed by atoms with Crippen molar-refractivity contribution in [1.82, 2.24) is 10.2 Å². The van der Waals surface area contributed by atoms with Crippen molar-refractivity contribution in [3.8, 4) is 0 Å². The molecule has 2 N–H and O–H groups in total. The number of alkyl carbamates (subject to hydrolysis) is 1. The molecule has 0 aliphatic carbocycles. The number of anilines is 1. The highest BCUT2D eigenvalue weighted by Crippen LogP contribution is 2.19. The van der Waals surface area contributed by atoms with Gasteiger partial charge in [0.15, 0.2) is 0 Å². The van der Waals surface area contributed by atoms with E-state index in [2.05, 4.69) is 10.2 Å². The third-order valence-electron chi connectivity index (χ3n) is 5.47. The molecule has 1 heterocycles. The first kappa shape index (κ1) is 25.9. The largest absolute Gasteiger partial charge is 0.480 e. The number of ether oxygens (including phenoxy) is 2. The SMILES string of the molecule is CC(C)(C)OC(=O)N[C@@H](Cc1ccc(N2CCN(C(=O)OCc3ccccc3)CC2)cc1)C(=O)O. The Hall–Kier alpha value is -3.75. The zero-order valence-electron chi connectivity index (χ0n) is 20.4. The maximum atomic E-state index is 12.4. The summed E-state index contributed by atoms with van der Waals surface area (Å²) >= 11 is 0. The summed E-state index contributed by atoms with van der Waals surface area (Å²) in [6.45, 7) is 7.83. The Balaban J connectivity index is 1.48. The van der Waals surface area contributed by atoms with Gasteiger partial charge < -0.3 is 29.7 Å². The van der Waals surface area contributed by atoms with E-state index in [0.29, 0.717) is 26.2 Å². The number of aliphatic carboxylic acids is 1. The zero-order valence-corrected chi connectivity index (χ0v) is 20.4. The number of hydrogen-bond donors (Lipinski definition) is 2. The van der Waals surface area contributed by atoms with Gasteiger partial charge in [-0.05, 0) is 44.0 Å². The molecular weight excluding hydrogens is 450 g/mol. The quantitative estimate of drug-likeness (QED) is 0.619. The second-order valence-electron chi connectivity index (χ2n) is 9.42. The highest BCUT2D eigenvalue weighted by molar-refractivity contribution is 5.80. The van der Waals surface area contributed by atoms with Crippen molar-refractivity contribution in [2.24, 2.45) is 0 Å². The first-order valence-corrected chi connectivity index (χ1v) is 11.6. The van der Waals surface area contributed by atoms with Crippen molar-refractivity contribution in [2.75, 3.05) is 31.1 Å². The van der Waals surface area contributed by atoms with Crippen LogP contribution in [0.15, 0.2) is 54.6 Å². The maximum absolute atomic E-state index is 12.4. The molecule has 1 aliphatic rings. The molecule has 0 radical (unpaired) electrons. The van der Waals surface area contributed by atoms with Crippen molar-refractivity contribution in [1.29, 1.82) is 0 Å². The average Bonchev–Trinajstić information content (AvgIpc) is 2.82. The van der Waals surface area contributed by atoms with Crippen LogP contribution in [0, 0.1) is 0 Å². The number of carbonyl (C=O) groups excluding carboxylic acids is 2. The monoisotopic (exact) mass is 483 g/mol. The predicted octanol–water partition coefficient (Wildman–Crippen LogP) is 3.67. The summed E-state index contributed by atoms with van der Waals surface area (Å²) < 4.78 is 10.6. The van der Waals surface area contributed by atoms with Crippen LogP contribution in [0.1, 0.15) is 31.9 Å². The Morgan fingerprint density at radius 2 is 1.57 bits per heavy atom. The van der Waals surface area contributed by atoms with Crippen molar-refractivity contribution in [3.63, 3.8) is 0 Å². The molecular formula is C26H33N3O6. The summed E-state index contributed by atoms with van der Waals surface area (Å²) in [6, 6.07) is 16.0. The molecule has 188 valence electrons. The number of carboxylic acid groups (broad SMARTS) is 1. The van der Waals surface area contributed by atoms with Gasteiger partial charge >= 0.3 is 18.2 Å². The van der Waals surface area contributed by atoms with Crippen LogP contribution in [0.5, 0.6) is 0 Å². The van der Waals surface area contributed by atoms with Crippen molar-refractivity contribution < 1.29 is 29.0 Å². The van der Waals surface area contributed by atoms with Crippen LogP contribution in [-0.4, -0.2) is 66.0 Å². The Morgan fingerprint density at radius 1 is 0.943 bits per heavy atom. The molecule has 0 bridgehead atoms. The Morgan fingerprint density at radius 3 is 2.14 bits per heavy atom. The van der Waals surface area contributed by atoms with Crippen LogP contribution in [0.4, 0.5) is 15.3 Å². The molecule has 2 aromatic carbocycles. The highest BCUT2D eigenvalue weighted by Gasteiger charge is 2.25. The predicted molar refractivity (Wildman–Crippen MR) is 131 cm³/mol. The Kier molecular flexibility index (Phi) is 8.57. The lowest BCUT2D eigenvalue weighted by atomic mass is 10.1. The third kappa shape index (κ3) is 8.20. The number of piperazine rings is 1. The summed E-state index contributed by atoms with van der Waals surface area (Å²) in [6.07, 6.45) is -0.946. The first-order valence-electron chi connectivity index (χ1n) is 11.6. The molecule has 0 saturated carbocycles. The van der Waals surface area contributed by atoms with E-state index in [-0.39, 0.29) is 19.1 Å². The van der Waals surface area contributed by atoms with Crippen LogP contribution in [-0.2, 0) is 27.3 Å². The Bertz CT molecular complexity index is 996. The standard InChI is InChI=1S/C26H33N3O6/c1-26(2,3)35-24(32)27-22(23(30)31)17-19-9-11-21(12-10-19)28-13-15-29(16-14-28)25(33)34-18-20-7-5-4-6-8-20/h4-12,22H,13-18H2,1-3H3,(H,27,32)(H,30,31)/t22-/m0/s1. The molecule has 35 heavy (non-hydrogen) atoms. The smallest absolute Gasteiger partial charge is 0.410 e. The van der Waals surface area contributed by atoms with Gasteiger partial charge in [0.05, 0.1) is 0 Å². The minimum absolute atomic E-state index is 0.135. The fourth-order valence-corrected chi connectivity index (χ4v) is 3.69. The summed E-state index contributed by atoms with van der Waals surface area (Å²) in [4.78, 5) is 39.8. The molecule has 1 aliphatic heterocycles.